The Labute approximate surface area is 211 Å². The van der Waals surface area contributed by atoms with Gasteiger partial charge in [-0.15, -0.1) is 0 Å². The number of nitrogens with zero attached hydrogens (tertiary/aromatic N) is 2. The van der Waals surface area contributed by atoms with Gasteiger partial charge < -0.3 is 20.4 Å². The molecule has 2 heterocycles. The van der Waals surface area contributed by atoms with Gasteiger partial charge in [-0.25, -0.2) is 0 Å². The summed E-state index contributed by atoms with van der Waals surface area (Å²) in [5.74, 6) is 0.524. The molecular formula is C29H31N4O3. The summed E-state index contributed by atoms with van der Waals surface area (Å²) in [6.07, 6.45) is 4.67. The normalized spacial score (nSPS) is 11.2. The van der Waals surface area contributed by atoms with Gasteiger partial charge in [0.2, 0.25) is 0 Å². The molecule has 0 aliphatic rings. The Kier molecular flexibility index (Phi) is 6.84. The minimum atomic E-state index is -0.188. The summed E-state index contributed by atoms with van der Waals surface area (Å²) in [5.41, 5.74) is 13.0. The number of aryl methyl sites for hydroxylation is 2. The molecule has 1 radical (unpaired) electrons. The Morgan fingerprint density at radius 2 is 1.92 bits per heavy atom. The number of hydrogen-bond donors (Lipinski definition) is 2. The van der Waals surface area contributed by atoms with Crippen LogP contribution in [0.25, 0.3) is 33.3 Å². The summed E-state index contributed by atoms with van der Waals surface area (Å²) in [7, 11) is 3.48. The van der Waals surface area contributed by atoms with Gasteiger partial charge in [0.15, 0.2) is 5.78 Å². The van der Waals surface area contributed by atoms with E-state index in [2.05, 4.69) is 16.5 Å². The third kappa shape index (κ3) is 4.44. The average molecular weight is 484 g/mol. The first-order valence-electron chi connectivity index (χ1n) is 11.9. The first-order chi connectivity index (χ1) is 17.1. The molecule has 0 aliphatic heterocycles. The van der Waals surface area contributed by atoms with Gasteiger partial charge in [0.05, 0.1) is 35.6 Å². The number of Topliss-reactive ketones (excluding diaryl/α,β-unsaturated/α-hetero) is 1. The van der Waals surface area contributed by atoms with E-state index in [-0.39, 0.29) is 11.7 Å². The number of amides is 1. The van der Waals surface area contributed by atoms with Crippen LogP contribution in [0.5, 0.6) is 5.75 Å². The van der Waals surface area contributed by atoms with Gasteiger partial charge in [-0.3, -0.25) is 14.6 Å². The van der Waals surface area contributed by atoms with E-state index in [1.165, 1.54) is 6.92 Å². The molecule has 0 atom stereocenters. The van der Waals surface area contributed by atoms with Crippen molar-refractivity contribution in [1.82, 2.24) is 14.9 Å². The number of ketones is 1. The predicted molar refractivity (Wildman–Crippen MR) is 143 cm³/mol. The maximum absolute atomic E-state index is 12.8. The largest absolute Gasteiger partial charge is 0.496 e. The van der Waals surface area contributed by atoms with Crippen LogP contribution < -0.4 is 15.8 Å². The number of fused-ring (bicyclic) bond motifs is 1. The maximum Gasteiger partial charge on any atom is 0.255 e. The number of carbonyl (C=O) groups is 2. The third-order valence-corrected chi connectivity index (χ3v) is 6.31. The minimum absolute atomic E-state index is 0.0796. The van der Waals surface area contributed by atoms with Crippen molar-refractivity contribution in [3.63, 3.8) is 0 Å². The van der Waals surface area contributed by atoms with E-state index < -0.39 is 0 Å². The number of pyridine rings is 1. The summed E-state index contributed by atoms with van der Waals surface area (Å²) in [6.45, 7) is 8.19. The Morgan fingerprint density at radius 3 is 2.56 bits per heavy atom. The molecule has 0 bridgehead atoms. The Morgan fingerprint density at radius 1 is 1.17 bits per heavy atom. The van der Waals surface area contributed by atoms with Gasteiger partial charge in [0.1, 0.15) is 5.75 Å². The number of anilines is 1. The van der Waals surface area contributed by atoms with E-state index in [0.29, 0.717) is 35.0 Å². The number of benzene rings is 2. The molecule has 7 nitrogen and oxygen atoms in total. The highest BCUT2D eigenvalue weighted by Crippen LogP contribution is 2.43. The molecule has 3 N–H and O–H groups in total. The molecule has 0 saturated carbocycles. The fraction of sp³-hybridized carbons (Fsp3) is 0.276. The molecular weight excluding hydrogens is 452 g/mol. The first kappa shape index (κ1) is 25.0. The molecule has 4 rings (SSSR count). The Balaban J connectivity index is 2.00. The van der Waals surface area contributed by atoms with Crippen LogP contribution in [0.1, 0.15) is 47.1 Å². The van der Waals surface area contributed by atoms with Gasteiger partial charge in [-0.2, -0.15) is 0 Å². The van der Waals surface area contributed by atoms with Crippen LogP contribution >= 0.6 is 0 Å². The van der Waals surface area contributed by atoms with Crippen molar-refractivity contribution in [3.8, 4) is 28.1 Å². The number of nitrogen functional groups attached to an aromatic ring is 1. The lowest BCUT2D eigenvalue weighted by atomic mass is 9.95. The molecule has 0 spiro atoms. The lowest BCUT2D eigenvalue weighted by Gasteiger charge is -2.15. The molecule has 0 saturated heterocycles. The monoisotopic (exact) mass is 483 g/mol. The van der Waals surface area contributed by atoms with E-state index in [4.69, 9.17) is 10.5 Å². The van der Waals surface area contributed by atoms with E-state index in [1.807, 2.05) is 62.7 Å². The second-order valence-electron chi connectivity index (χ2n) is 9.44. The van der Waals surface area contributed by atoms with Crippen LogP contribution in [0.2, 0.25) is 0 Å². The molecule has 7 heteroatoms. The van der Waals surface area contributed by atoms with Crippen molar-refractivity contribution in [2.75, 3.05) is 19.4 Å². The van der Waals surface area contributed by atoms with Gasteiger partial charge in [-0.05, 0) is 55.2 Å². The number of nitrogens with one attached hydrogen (secondary N) is 1. The number of methoxy groups -OCH3 is 1. The van der Waals surface area contributed by atoms with Crippen molar-refractivity contribution < 1.29 is 14.3 Å². The molecule has 0 fully saturated rings. The van der Waals surface area contributed by atoms with Crippen LogP contribution in [0.3, 0.4) is 0 Å². The zero-order chi connectivity index (χ0) is 26.1. The van der Waals surface area contributed by atoms with Crippen molar-refractivity contribution >= 4 is 28.3 Å². The number of ether oxygens (including phenoxy) is 1. The predicted octanol–water partition coefficient (Wildman–Crippen LogP) is 5.20. The van der Waals surface area contributed by atoms with E-state index in [0.717, 1.165) is 38.9 Å². The number of rotatable bonds is 7. The van der Waals surface area contributed by atoms with Crippen LogP contribution in [0.15, 0.2) is 42.6 Å². The number of carbonyl (C=O) groups excluding carboxylic acids is 2. The van der Waals surface area contributed by atoms with E-state index in [9.17, 15) is 9.59 Å². The van der Waals surface area contributed by atoms with Gasteiger partial charge in [0, 0.05) is 42.0 Å². The van der Waals surface area contributed by atoms with Crippen molar-refractivity contribution in [3.05, 3.63) is 65.5 Å². The zero-order valence-corrected chi connectivity index (χ0v) is 21.5. The van der Waals surface area contributed by atoms with Gasteiger partial charge in [0.25, 0.3) is 5.91 Å². The summed E-state index contributed by atoms with van der Waals surface area (Å²) < 4.78 is 7.64. The van der Waals surface area contributed by atoms with Crippen molar-refractivity contribution in [1.29, 1.82) is 0 Å². The third-order valence-electron chi connectivity index (χ3n) is 6.31. The average Bonchev–Trinajstić information content (AvgIpc) is 3.14. The first-order valence-corrected chi connectivity index (χ1v) is 11.9. The lowest BCUT2D eigenvalue weighted by Crippen LogP contribution is -2.27. The van der Waals surface area contributed by atoms with E-state index >= 15 is 0 Å². The molecule has 2 aromatic carbocycles. The Bertz CT molecular complexity index is 1480. The molecule has 4 aromatic rings. The highest BCUT2D eigenvalue weighted by Gasteiger charge is 2.24. The number of aromatic nitrogens is 2. The smallest absolute Gasteiger partial charge is 0.255 e. The molecule has 1 amide bonds. The topological polar surface area (TPSA) is 99.2 Å². The SMILES string of the molecule is COc1cc(-c2c(-c3ccc(N)cc3C)n(C)c3c(C(C)=O)cn[c]c23)ccc1C(=O)NCC(C)C. The van der Waals surface area contributed by atoms with Crippen LogP contribution in [0, 0.1) is 19.0 Å². The summed E-state index contributed by atoms with van der Waals surface area (Å²) in [5, 5.41) is 3.67. The summed E-state index contributed by atoms with van der Waals surface area (Å²) in [4.78, 5) is 29.6. The maximum atomic E-state index is 12.8. The second-order valence-corrected chi connectivity index (χ2v) is 9.44. The lowest BCUT2D eigenvalue weighted by molar-refractivity contribution is 0.0945. The number of nitrogens with two attached hydrogens (primary N) is 1. The van der Waals surface area contributed by atoms with E-state index in [1.54, 1.807) is 19.4 Å². The second kappa shape index (κ2) is 9.85. The standard InChI is InChI=1S/C29H31N4O3/c1-16(2)13-32-29(35)22-9-7-19(12-25(22)36-6)26-24-15-31-14-23(18(4)34)27(24)33(5)28(26)21-10-8-20(30)11-17(21)3/h7-12,14,16H,13,30H2,1-6H3,(H,32,35). The Hall–Kier alpha value is -4.13. The molecule has 2 aromatic heterocycles. The van der Waals surface area contributed by atoms with Crippen molar-refractivity contribution in [2.24, 2.45) is 13.0 Å². The van der Waals surface area contributed by atoms with Gasteiger partial charge in [-0.1, -0.05) is 26.0 Å². The zero-order valence-electron chi connectivity index (χ0n) is 21.5. The van der Waals surface area contributed by atoms with Crippen molar-refractivity contribution in [2.45, 2.75) is 27.7 Å². The summed E-state index contributed by atoms with van der Waals surface area (Å²) >= 11 is 0. The van der Waals surface area contributed by atoms with Gasteiger partial charge >= 0.3 is 0 Å². The fourth-order valence-corrected chi connectivity index (χ4v) is 4.56. The molecule has 36 heavy (non-hydrogen) atoms. The molecule has 185 valence electrons. The quantitative estimate of drug-likeness (QED) is 0.278. The highest BCUT2D eigenvalue weighted by atomic mass is 16.5. The number of hydrogen-bond acceptors (Lipinski definition) is 5. The van der Waals surface area contributed by atoms with Crippen LogP contribution in [-0.2, 0) is 7.05 Å². The molecule has 0 aliphatic carbocycles. The minimum Gasteiger partial charge on any atom is -0.496 e. The summed E-state index contributed by atoms with van der Waals surface area (Å²) in [6, 6.07) is 11.3. The highest BCUT2D eigenvalue weighted by molar-refractivity contribution is 6.13. The molecule has 0 unspecified atom stereocenters. The van der Waals surface area contributed by atoms with Crippen LogP contribution in [-0.4, -0.2) is 34.9 Å². The fourth-order valence-electron chi connectivity index (χ4n) is 4.56. The van der Waals surface area contributed by atoms with Crippen LogP contribution in [0.4, 0.5) is 5.69 Å².